The van der Waals surface area contributed by atoms with Gasteiger partial charge >= 0.3 is 17.9 Å². The molecule has 0 bridgehead atoms. The van der Waals surface area contributed by atoms with E-state index < -0.39 is 6.10 Å². The molecule has 398 valence electrons. The first-order chi connectivity index (χ1) is 34.0. The molecule has 0 radical (unpaired) electrons. The summed E-state index contributed by atoms with van der Waals surface area (Å²) in [6, 6.07) is 0. The first kappa shape index (κ1) is 65.8. The van der Waals surface area contributed by atoms with E-state index in [0.717, 1.165) is 109 Å². The Labute approximate surface area is 427 Å². The molecule has 0 aromatic heterocycles. The van der Waals surface area contributed by atoms with Crippen LogP contribution >= 0.6 is 0 Å². The van der Waals surface area contributed by atoms with Gasteiger partial charge in [0, 0.05) is 19.3 Å². The summed E-state index contributed by atoms with van der Waals surface area (Å²) in [6.45, 7) is 6.53. The van der Waals surface area contributed by atoms with Gasteiger partial charge in [0.15, 0.2) is 6.10 Å². The van der Waals surface area contributed by atoms with Crippen molar-refractivity contribution in [2.45, 2.75) is 297 Å². The fraction of sp³-hybridized carbons (Fsp3) is 0.762. The van der Waals surface area contributed by atoms with Crippen LogP contribution < -0.4 is 0 Å². The predicted molar refractivity (Wildman–Crippen MR) is 298 cm³/mol. The minimum absolute atomic E-state index is 0.0796. The quantitative estimate of drug-likeness (QED) is 0.0262. The van der Waals surface area contributed by atoms with Crippen LogP contribution in [0, 0.1) is 0 Å². The number of hydrogen-bond donors (Lipinski definition) is 0. The van der Waals surface area contributed by atoms with E-state index >= 15 is 0 Å². The summed E-state index contributed by atoms with van der Waals surface area (Å²) in [6.07, 6.45) is 73.2. The Kier molecular flexibility index (Phi) is 54.8. The van der Waals surface area contributed by atoms with Crippen molar-refractivity contribution < 1.29 is 28.6 Å². The molecule has 0 rings (SSSR count). The van der Waals surface area contributed by atoms with E-state index in [1.54, 1.807) is 0 Å². The van der Waals surface area contributed by atoms with Crippen LogP contribution in [0.2, 0.25) is 0 Å². The fourth-order valence-electron chi connectivity index (χ4n) is 8.33. The normalized spacial score (nSPS) is 12.6. The van der Waals surface area contributed by atoms with Gasteiger partial charge in [-0.2, -0.15) is 0 Å². The van der Waals surface area contributed by atoms with Crippen molar-refractivity contribution in [3.63, 3.8) is 0 Å². The van der Waals surface area contributed by atoms with Crippen molar-refractivity contribution in [2.75, 3.05) is 13.2 Å². The number of carbonyl (C=O) groups is 3. The van der Waals surface area contributed by atoms with E-state index in [-0.39, 0.29) is 31.1 Å². The Bertz CT molecular complexity index is 1290. The van der Waals surface area contributed by atoms with Gasteiger partial charge in [0.1, 0.15) is 13.2 Å². The van der Waals surface area contributed by atoms with E-state index in [1.165, 1.54) is 141 Å². The monoisotopic (exact) mass is 963 g/mol. The molecule has 69 heavy (non-hydrogen) atoms. The highest BCUT2D eigenvalue weighted by Gasteiger charge is 2.19. The van der Waals surface area contributed by atoms with Crippen LogP contribution in [0.5, 0.6) is 0 Å². The SMILES string of the molecule is CC/C=C\C/C=C\C/C=C\C/C=C\C/C=C\C/C=C\CCCCCCC(=O)OCC(COC(=O)CCCCCCCCCCCCCCC)OC(=O)CCCCCCCCCCCCCCCCC. The average molecular weight is 964 g/mol. The Hall–Kier alpha value is -3.15. The standard InChI is InChI=1S/C63H110O6/c1-4-7-10-13-16-19-22-25-27-28-29-30-31-32-33-34-36-38-41-44-47-50-53-56-62(65)68-59-60(58-67-61(64)55-52-49-46-43-40-37-24-21-18-15-12-9-6-3)69-63(66)57-54-51-48-45-42-39-35-26-23-20-17-14-11-8-5-2/h7,10,16,19,25,27,29-30,32-33,36,38,60H,4-6,8-9,11-15,17-18,20-24,26,28,31,34-35,37,39-59H2,1-3H3/b10-7-,19-16-,27-25-,30-29-,33-32-,38-36-. The van der Waals surface area contributed by atoms with Crippen molar-refractivity contribution >= 4 is 17.9 Å². The molecule has 6 nitrogen and oxygen atoms in total. The molecule has 0 aromatic rings. The molecular weight excluding hydrogens is 853 g/mol. The molecule has 0 aliphatic heterocycles. The van der Waals surface area contributed by atoms with Crippen LogP contribution in [0.25, 0.3) is 0 Å². The molecule has 0 aromatic carbocycles. The smallest absolute Gasteiger partial charge is 0.306 e. The number of ether oxygens (including phenoxy) is 3. The summed E-state index contributed by atoms with van der Waals surface area (Å²) in [5, 5.41) is 0. The van der Waals surface area contributed by atoms with Crippen molar-refractivity contribution in [2.24, 2.45) is 0 Å². The molecule has 6 heteroatoms. The van der Waals surface area contributed by atoms with Crippen LogP contribution in [0.4, 0.5) is 0 Å². The molecule has 0 heterocycles. The predicted octanol–water partition coefficient (Wildman–Crippen LogP) is 19.8. The molecule has 0 N–H and O–H groups in total. The van der Waals surface area contributed by atoms with Gasteiger partial charge in [-0.05, 0) is 70.6 Å². The summed E-state index contributed by atoms with van der Waals surface area (Å²) >= 11 is 0. The van der Waals surface area contributed by atoms with Crippen molar-refractivity contribution in [1.29, 1.82) is 0 Å². The minimum atomic E-state index is -0.783. The molecule has 0 amide bonds. The van der Waals surface area contributed by atoms with Crippen molar-refractivity contribution in [3.05, 3.63) is 72.9 Å². The second kappa shape index (κ2) is 57.4. The molecule has 0 aliphatic carbocycles. The average Bonchev–Trinajstić information content (AvgIpc) is 3.35. The van der Waals surface area contributed by atoms with Crippen LogP contribution in [0.1, 0.15) is 290 Å². The number of unbranched alkanes of at least 4 members (excludes halogenated alkanes) is 30. The van der Waals surface area contributed by atoms with Gasteiger partial charge in [-0.15, -0.1) is 0 Å². The van der Waals surface area contributed by atoms with Gasteiger partial charge < -0.3 is 14.2 Å². The van der Waals surface area contributed by atoms with Crippen LogP contribution in [0.3, 0.4) is 0 Å². The lowest BCUT2D eigenvalue weighted by Crippen LogP contribution is -2.30. The lowest BCUT2D eigenvalue weighted by Gasteiger charge is -2.18. The van der Waals surface area contributed by atoms with Crippen LogP contribution in [-0.2, 0) is 28.6 Å². The Morgan fingerprint density at radius 2 is 0.565 bits per heavy atom. The van der Waals surface area contributed by atoms with Crippen LogP contribution in [0.15, 0.2) is 72.9 Å². The third kappa shape index (κ3) is 55.6. The van der Waals surface area contributed by atoms with E-state index in [0.29, 0.717) is 19.3 Å². The summed E-state index contributed by atoms with van der Waals surface area (Å²) in [4.78, 5) is 38.2. The van der Waals surface area contributed by atoms with E-state index in [1.807, 2.05) is 0 Å². The summed E-state index contributed by atoms with van der Waals surface area (Å²) in [5.74, 6) is -0.893. The van der Waals surface area contributed by atoms with Crippen molar-refractivity contribution in [1.82, 2.24) is 0 Å². The number of allylic oxidation sites excluding steroid dienone is 12. The van der Waals surface area contributed by atoms with E-state index in [2.05, 4.69) is 93.7 Å². The van der Waals surface area contributed by atoms with Gasteiger partial charge in [0.2, 0.25) is 0 Å². The van der Waals surface area contributed by atoms with Gasteiger partial charge in [-0.1, -0.05) is 273 Å². The lowest BCUT2D eigenvalue weighted by molar-refractivity contribution is -0.167. The molecule has 0 fully saturated rings. The third-order valence-corrected chi connectivity index (χ3v) is 12.7. The molecule has 0 aliphatic rings. The van der Waals surface area contributed by atoms with Gasteiger partial charge in [0.05, 0.1) is 0 Å². The second-order valence-corrected chi connectivity index (χ2v) is 19.5. The number of carbonyl (C=O) groups excluding carboxylic acids is 3. The molecule has 1 unspecified atom stereocenters. The van der Waals surface area contributed by atoms with Crippen molar-refractivity contribution in [3.8, 4) is 0 Å². The number of esters is 3. The Morgan fingerprint density at radius 3 is 0.884 bits per heavy atom. The molecule has 0 spiro atoms. The zero-order chi connectivity index (χ0) is 50.0. The number of hydrogen-bond acceptors (Lipinski definition) is 6. The minimum Gasteiger partial charge on any atom is -0.462 e. The van der Waals surface area contributed by atoms with Gasteiger partial charge in [0.25, 0.3) is 0 Å². The van der Waals surface area contributed by atoms with Crippen LogP contribution in [-0.4, -0.2) is 37.2 Å². The zero-order valence-electron chi connectivity index (χ0n) is 45.6. The lowest BCUT2D eigenvalue weighted by atomic mass is 10.0. The second-order valence-electron chi connectivity index (χ2n) is 19.5. The third-order valence-electron chi connectivity index (χ3n) is 12.7. The highest BCUT2D eigenvalue weighted by molar-refractivity contribution is 5.71. The molecule has 0 saturated carbocycles. The first-order valence-electron chi connectivity index (χ1n) is 29.4. The maximum atomic E-state index is 12.9. The zero-order valence-corrected chi connectivity index (χ0v) is 45.6. The maximum absolute atomic E-state index is 12.9. The fourth-order valence-corrected chi connectivity index (χ4v) is 8.33. The van der Waals surface area contributed by atoms with E-state index in [9.17, 15) is 14.4 Å². The largest absolute Gasteiger partial charge is 0.462 e. The van der Waals surface area contributed by atoms with Gasteiger partial charge in [-0.25, -0.2) is 0 Å². The van der Waals surface area contributed by atoms with E-state index in [4.69, 9.17) is 14.2 Å². The molecule has 0 saturated heterocycles. The highest BCUT2D eigenvalue weighted by atomic mass is 16.6. The summed E-state index contributed by atoms with van der Waals surface area (Å²) < 4.78 is 16.9. The maximum Gasteiger partial charge on any atom is 0.306 e. The number of rotatable bonds is 53. The Morgan fingerprint density at radius 1 is 0.304 bits per heavy atom. The van der Waals surface area contributed by atoms with Gasteiger partial charge in [-0.3, -0.25) is 14.4 Å². The Balaban J connectivity index is 4.38. The summed E-state index contributed by atoms with van der Waals surface area (Å²) in [7, 11) is 0. The highest BCUT2D eigenvalue weighted by Crippen LogP contribution is 2.16. The molecule has 1 atom stereocenters. The molecular formula is C63H110O6. The first-order valence-corrected chi connectivity index (χ1v) is 29.4. The summed E-state index contributed by atoms with van der Waals surface area (Å²) in [5.41, 5.74) is 0. The topological polar surface area (TPSA) is 78.9 Å².